The van der Waals surface area contributed by atoms with Crippen LogP contribution in [0.25, 0.3) is 0 Å². The Morgan fingerprint density at radius 2 is 2.00 bits per heavy atom. The van der Waals surface area contributed by atoms with Gasteiger partial charge in [-0.1, -0.05) is 6.07 Å². The van der Waals surface area contributed by atoms with Gasteiger partial charge in [-0.2, -0.15) is 0 Å². The third-order valence-corrected chi connectivity index (χ3v) is 2.83. The molecule has 0 saturated heterocycles. The van der Waals surface area contributed by atoms with Crippen molar-refractivity contribution in [1.29, 1.82) is 0 Å². The summed E-state index contributed by atoms with van der Waals surface area (Å²) in [5, 5.41) is 0. The zero-order valence-corrected chi connectivity index (χ0v) is 12.0. The number of esters is 2. The molecule has 1 aromatic rings. The summed E-state index contributed by atoms with van der Waals surface area (Å²) in [7, 11) is 1.23. The van der Waals surface area contributed by atoms with E-state index in [4.69, 9.17) is 4.74 Å². The maximum Gasteiger partial charge on any atom is 0.323 e. The second kappa shape index (κ2) is 5.95. The second-order valence-electron chi connectivity index (χ2n) is 4.18. The lowest BCUT2D eigenvalue weighted by molar-refractivity contribution is -0.168. The van der Waals surface area contributed by atoms with E-state index >= 15 is 0 Å². The molecule has 0 radical (unpaired) electrons. The zero-order chi connectivity index (χ0) is 13.8. The highest BCUT2D eigenvalue weighted by molar-refractivity contribution is 9.10. The number of methoxy groups -OCH3 is 1. The highest BCUT2D eigenvalue weighted by atomic mass is 79.9. The SMILES string of the molecule is COC(=O)C(C)(C)C(=O)OCc1ccc(Br)nc1. The Morgan fingerprint density at radius 1 is 1.33 bits per heavy atom. The third kappa shape index (κ3) is 3.53. The average Bonchev–Trinajstić information content (AvgIpc) is 2.36. The fraction of sp³-hybridized carbons (Fsp3) is 0.417. The van der Waals surface area contributed by atoms with Crippen LogP contribution in [0, 0.1) is 5.41 Å². The molecule has 1 heterocycles. The normalized spacial score (nSPS) is 10.9. The predicted octanol–water partition coefficient (Wildman–Crippen LogP) is 2.09. The maximum absolute atomic E-state index is 11.8. The van der Waals surface area contributed by atoms with Crippen molar-refractivity contribution >= 4 is 27.9 Å². The number of carbonyl (C=O) groups is 2. The van der Waals surface area contributed by atoms with Crippen LogP contribution in [0.3, 0.4) is 0 Å². The van der Waals surface area contributed by atoms with Crippen LogP contribution in [-0.2, 0) is 25.7 Å². The van der Waals surface area contributed by atoms with Crippen LogP contribution in [-0.4, -0.2) is 24.0 Å². The zero-order valence-electron chi connectivity index (χ0n) is 10.4. The van der Waals surface area contributed by atoms with Crippen LogP contribution in [0.4, 0.5) is 0 Å². The number of hydrogen-bond acceptors (Lipinski definition) is 5. The van der Waals surface area contributed by atoms with Crippen LogP contribution in [0.15, 0.2) is 22.9 Å². The van der Waals surface area contributed by atoms with Gasteiger partial charge in [0.1, 0.15) is 11.2 Å². The Bertz CT molecular complexity index is 442. The number of carbonyl (C=O) groups excluding carboxylic acids is 2. The minimum Gasteiger partial charge on any atom is -0.468 e. The Hall–Kier alpha value is -1.43. The largest absolute Gasteiger partial charge is 0.468 e. The molecule has 6 heteroatoms. The molecule has 0 bridgehead atoms. The Balaban J connectivity index is 2.61. The minimum absolute atomic E-state index is 0.0690. The summed E-state index contributed by atoms with van der Waals surface area (Å²) in [6, 6.07) is 3.52. The molecule has 0 aliphatic carbocycles. The summed E-state index contributed by atoms with van der Waals surface area (Å²) in [5.41, 5.74) is -0.565. The maximum atomic E-state index is 11.8. The Morgan fingerprint density at radius 3 is 2.50 bits per heavy atom. The van der Waals surface area contributed by atoms with Gasteiger partial charge in [0, 0.05) is 11.8 Å². The van der Waals surface area contributed by atoms with Crippen LogP contribution >= 0.6 is 15.9 Å². The molecule has 5 nitrogen and oxygen atoms in total. The van der Waals surface area contributed by atoms with Crippen molar-refractivity contribution in [2.24, 2.45) is 5.41 Å². The minimum atomic E-state index is -1.31. The first-order valence-electron chi connectivity index (χ1n) is 5.24. The van der Waals surface area contributed by atoms with Crippen molar-refractivity contribution in [3.8, 4) is 0 Å². The molecule has 0 fully saturated rings. The molecule has 0 saturated carbocycles. The fourth-order valence-corrected chi connectivity index (χ4v) is 1.39. The third-order valence-electron chi connectivity index (χ3n) is 2.36. The molecule has 0 aliphatic heterocycles. The van der Waals surface area contributed by atoms with E-state index in [1.54, 1.807) is 18.3 Å². The van der Waals surface area contributed by atoms with Gasteiger partial charge in [0.25, 0.3) is 0 Å². The van der Waals surface area contributed by atoms with Crippen molar-refractivity contribution in [2.75, 3.05) is 7.11 Å². The Labute approximate surface area is 114 Å². The molecule has 1 rings (SSSR count). The summed E-state index contributed by atoms with van der Waals surface area (Å²) in [6.45, 7) is 2.99. The van der Waals surface area contributed by atoms with E-state index in [0.717, 1.165) is 5.56 Å². The number of halogens is 1. The molecule has 0 unspecified atom stereocenters. The molecular formula is C12H14BrNO4. The van der Waals surface area contributed by atoms with Gasteiger partial charge < -0.3 is 9.47 Å². The van der Waals surface area contributed by atoms with Crippen molar-refractivity contribution < 1.29 is 19.1 Å². The van der Waals surface area contributed by atoms with Gasteiger partial charge in [-0.15, -0.1) is 0 Å². The van der Waals surface area contributed by atoms with Gasteiger partial charge in [0.2, 0.25) is 0 Å². The average molecular weight is 316 g/mol. The summed E-state index contributed by atoms with van der Waals surface area (Å²) < 4.78 is 10.3. The highest BCUT2D eigenvalue weighted by Gasteiger charge is 2.38. The molecule has 0 atom stereocenters. The first-order valence-corrected chi connectivity index (χ1v) is 6.03. The second-order valence-corrected chi connectivity index (χ2v) is 4.99. The molecule has 0 N–H and O–H groups in total. The number of nitrogens with zero attached hydrogens (tertiary/aromatic N) is 1. The molecule has 0 aliphatic rings. The van der Waals surface area contributed by atoms with E-state index in [1.165, 1.54) is 21.0 Å². The molecular weight excluding hydrogens is 302 g/mol. The van der Waals surface area contributed by atoms with Gasteiger partial charge in [0.15, 0.2) is 5.41 Å². The lowest BCUT2D eigenvalue weighted by Crippen LogP contribution is -2.35. The van der Waals surface area contributed by atoms with Crippen LogP contribution in [0.2, 0.25) is 0 Å². The topological polar surface area (TPSA) is 65.5 Å². The Kier molecular flexibility index (Phi) is 4.84. The van der Waals surface area contributed by atoms with Crippen LogP contribution < -0.4 is 0 Å². The van der Waals surface area contributed by atoms with Crippen molar-refractivity contribution in [3.63, 3.8) is 0 Å². The number of ether oxygens (including phenoxy) is 2. The lowest BCUT2D eigenvalue weighted by Gasteiger charge is -2.19. The van der Waals surface area contributed by atoms with Gasteiger partial charge >= 0.3 is 11.9 Å². The van der Waals surface area contributed by atoms with E-state index in [9.17, 15) is 9.59 Å². The molecule has 0 aromatic carbocycles. The number of pyridine rings is 1. The first-order chi connectivity index (χ1) is 8.37. The summed E-state index contributed by atoms with van der Waals surface area (Å²) in [6.07, 6.45) is 1.59. The molecule has 1 aromatic heterocycles. The first kappa shape index (κ1) is 14.6. The van der Waals surface area contributed by atoms with Crippen molar-refractivity contribution in [2.45, 2.75) is 20.5 Å². The smallest absolute Gasteiger partial charge is 0.323 e. The van der Waals surface area contributed by atoms with Gasteiger partial charge in [-0.3, -0.25) is 9.59 Å². The summed E-state index contributed by atoms with van der Waals surface area (Å²) in [4.78, 5) is 27.1. The van der Waals surface area contributed by atoms with E-state index in [1.807, 2.05) is 0 Å². The molecule has 98 valence electrons. The quantitative estimate of drug-likeness (QED) is 0.483. The standard InChI is InChI=1S/C12H14BrNO4/c1-12(2,10(15)17-3)11(16)18-7-8-4-5-9(13)14-6-8/h4-6H,7H2,1-3H3. The molecule has 0 amide bonds. The van der Waals surface area contributed by atoms with Crippen molar-refractivity contribution in [3.05, 3.63) is 28.5 Å². The van der Waals surface area contributed by atoms with Crippen molar-refractivity contribution in [1.82, 2.24) is 4.98 Å². The van der Waals surface area contributed by atoms with Crippen LogP contribution in [0.5, 0.6) is 0 Å². The van der Waals surface area contributed by atoms with Crippen LogP contribution in [0.1, 0.15) is 19.4 Å². The predicted molar refractivity (Wildman–Crippen MR) is 67.5 cm³/mol. The summed E-state index contributed by atoms with van der Waals surface area (Å²) >= 11 is 3.21. The van der Waals surface area contributed by atoms with E-state index in [2.05, 4.69) is 25.7 Å². The monoisotopic (exact) mass is 315 g/mol. The number of aromatic nitrogens is 1. The number of hydrogen-bond donors (Lipinski definition) is 0. The van der Waals surface area contributed by atoms with E-state index < -0.39 is 17.4 Å². The molecule has 18 heavy (non-hydrogen) atoms. The van der Waals surface area contributed by atoms with E-state index in [-0.39, 0.29) is 6.61 Å². The molecule has 0 spiro atoms. The lowest BCUT2D eigenvalue weighted by atomic mass is 9.94. The highest BCUT2D eigenvalue weighted by Crippen LogP contribution is 2.20. The number of rotatable bonds is 4. The fourth-order valence-electron chi connectivity index (χ4n) is 1.16. The van der Waals surface area contributed by atoms with E-state index in [0.29, 0.717) is 4.60 Å². The van der Waals surface area contributed by atoms with Gasteiger partial charge in [0.05, 0.1) is 7.11 Å². The van der Waals surface area contributed by atoms with Gasteiger partial charge in [-0.25, -0.2) is 4.98 Å². The van der Waals surface area contributed by atoms with Gasteiger partial charge in [-0.05, 0) is 35.8 Å². The summed E-state index contributed by atoms with van der Waals surface area (Å²) in [5.74, 6) is -1.25.